The number of hydrogen-bond acceptors (Lipinski definition) is 11. The second-order valence-corrected chi connectivity index (χ2v) is 19.7. The van der Waals surface area contributed by atoms with Crippen molar-refractivity contribution in [1.29, 1.82) is 0 Å². The number of carbonyl (C=O) groups is 1. The van der Waals surface area contributed by atoms with Gasteiger partial charge in [-0.25, -0.2) is 19.8 Å². The number of ketones is 1. The van der Waals surface area contributed by atoms with Crippen LogP contribution in [-0.4, -0.2) is 74.4 Å². The minimum atomic E-state index is -4.98. The molecule has 80 heavy (non-hydrogen) atoms. The van der Waals surface area contributed by atoms with Crippen LogP contribution in [0.25, 0.3) is 0 Å². The summed E-state index contributed by atoms with van der Waals surface area (Å²) in [6.45, 7) is 5.81. The smallest absolute Gasteiger partial charge is 0.399 e. The summed E-state index contributed by atoms with van der Waals surface area (Å²) < 4.78 is 175. The lowest BCUT2D eigenvalue weighted by atomic mass is 9.74. The Morgan fingerprint density at radius 1 is 0.575 bits per heavy atom. The van der Waals surface area contributed by atoms with E-state index in [2.05, 4.69) is 36.2 Å². The fraction of sp³-hybridized carbons (Fsp3) is 0.434. The molecular formula is C53H55F12N9O6. The highest BCUT2D eigenvalue weighted by atomic mass is 19.4. The molecule has 0 saturated carbocycles. The number of Topliss-reactive ketones (excluding diaryl/α,β-unsaturated/α-hetero) is 1. The number of aromatic nitrogens is 6. The van der Waals surface area contributed by atoms with E-state index >= 15 is 0 Å². The highest BCUT2D eigenvalue weighted by molar-refractivity contribution is 5.90. The Morgan fingerprint density at radius 3 is 1.21 bits per heavy atom. The monoisotopic (exact) mass is 1140 g/mol. The normalized spacial score (nSPS) is 22.9. The molecule has 432 valence electrons. The van der Waals surface area contributed by atoms with Gasteiger partial charge in [-0.15, -0.1) is 0 Å². The Balaban J connectivity index is 0.000000231. The van der Waals surface area contributed by atoms with Crippen molar-refractivity contribution in [2.75, 3.05) is 33.4 Å². The van der Waals surface area contributed by atoms with Gasteiger partial charge in [0.2, 0.25) is 0 Å². The average Bonchev–Trinajstić information content (AvgIpc) is 4.10. The van der Waals surface area contributed by atoms with Gasteiger partial charge in [0, 0.05) is 13.1 Å². The van der Waals surface area contributed by atoms with E-state index in [4.69, 9.17) is 14.3 Å². The van der Waals surface area contributed by atoms with Crippen LogP contribution in [0.1, 0.15) is 110 Å². The van der Waals surface area contributed by atoms with Gasteiger partial charge < -0.3 is 24.9 Å². The van der Waals surface area contributed by atoms with E-state index in [1.165, 1.54) is 49.7 Å². The molecular weight excluding hydrogens is 1090 g/mol. The molecule has 0 amide bonds. The number of nitrogens with one attached hydrogen (secondary N) is 4. The fourth-order valence-corrected chi connectivity index (χ4v) is 10.1. The number of hydrogen-bond donors (Lipinski definition) is 4. The van der Waals surface area contributed by atoms with E-state index in [1.807, 2.05) is 30.3 Å². The number of carbonyl (C=O) groups excluding carboxylic acids is 1. The lowest BCUT2D eigenvalue weighted by Crippen LogP contribution is -2.62. The quantitative estimate of drug-likeness (QED) is 0.0439. The van der Waals surface area contributed by atoms with Gasteiger partial charge in [0.15, 0.2) is 5.78 Å². The molecule has 0 radical (unpaired) electrons. The van der Waals surface area contributed by atoms with Gasteiger partial charge in [-0.3, -0.25) is 13.9 Å². The fourth-order valence-electron chi connectivity index (χ4n) is 10.1. The number of aromatic amines is 2. The maximum Gasteiger partial charge on any atom is 0.416 e. The molecule has 0 aliphatic carbocycles. The van der Waals surface area contributed by atoms with Gasteiger partial charge >= 0.3 is 36.1 Å². The molecule has 0 bridgehead atoms. The Labute approximate surface area is 448 Å². The Morgan fingerprint density at radius 2 is 0.925 bits per heavy atom. The Kier molecular flexibility index (Phi) is 17.5. The lowest BCUT2D eigenvalue weighted by Gasteiger charge is -2.47. The van der Waals surface area contributed by atoms with Crippen molar-refractivity contribution in [1.82, 2.24) is 40.2 Å². The van der Waals surface area contributed by atoms with Crippen LogP contribution in [0.15, 0.2) is 124 Å². The first-order valence-electron chi connectivity index (χ1n) is 24.7. The average molecular weight is 1140 g/mol. The Hall–Kier alpha value is -7.10. The molecule has 2 aromatic heterocycles. The van der Waals surface area contributed by atoms with Crippen LogP contribution in [0.2, 0.25) is 0 Å². The van der Waals surface area contributed by atoms with E-state index in [-0.39, 0.29) is 68.2 Å². The molecule has 4 N–H and O–H groups in total. The molecule has 2 aliphatic rings. The molecule has 6 aromatic rings. The minimum Gasteiger partial charge on any atom is -0.399 e. The van der Waals surface area contributed by atoms with Crippen LogP contribution >= 0.6 is 0 Å². The maximum absolute atomic E-state index is 13.4. The zero-order chi connectivity index (χ0) is 58.7. The number of piperidine rings is 2. The summed E-state index contributed by atoms with van der Waals surface area (Å²) in [7, 11) is 1.38. The van der Waals surface area contributed by atoms with Gasteiger partial charge in [0.1, 0.15) is 30.8 Å². The summed E-state index contributed by atoms with van der Waals surface area (Å²) >= 11 is 0. The Bertz CT molecular complexity index is 3160. The number of benzene rings is 4. The predicted molar refractivity (Wildman–Crippen MR) is 265 cm³/mol. The first-order valence-corrected chi connectivity index (χ1v) is 24.7. The molecule has 2 aliphatic heterocycles. The molecule has 6 atom stereocenters. The second kappa shape index (κ2) is 23.2. The summed E-state index contributed by atoms with van der Waals surface area (Å²) in [4.78, 5) is 42.6. The predicted octanol–water partition coefficient (Wildman–Crippen LogP) is 10.3. The van der Waals surface area contributed by atoms with E-state index in [0.717, 1.165) is 11.1 Å². The van der Waals surface area contributed by atoms with Crippen molar-refractivity contribution in [3.05, 3.63) is 175 Å². The van der Waals surface area contributed by atoms with Crippen molar-refractivity contribution < 1.29 is 71.8 Å². The first kappa shape index (κ1) is 60.5. The number of nitrogens with zero attached hydrogens (tertiary/aromatic N) is 5. The van der Waals surface area contributed by atoms with Crippen LogP contribution in [0, 0.1) is 0 Å². The topological polar surface area (TPSA) is 183 Å². The van der Waals surface area contributed by atoms with E-state index in [9.17, 15) is 67.1 Å². The van der Waals surface area contributed by atoms with Gasteiger partial charge in [-0.1, -0.05) is 65.8 Å². The van der Waals surface area contributed by atoms with E-state index in [1.54, 1.807) is 37.3 Å². The van der Waals surface area contributed by atoms with Gasteiger partial charge in [-0.05, 0) is 112 Å². The molecule has 8 rings (SSSR count). The summed E-state index contributed by atoms with van der Waals surface area (Å²) in [5.41, 5.74) is -9.23. The number of rotatable bonds is 15. The van der Waals surface area contributed by atoms with Gasteiger partial charge in [-0.2, -0.15) is 62.9 Å². The molecule has 4 heterocycles. The largest absolute Gasteiger partial charge is 0.416 e. The van der Waals surface area contributed by atoms with Crippen molar-refractivity contribution in [3.8, 4) is 0 Å². The van der Waals surface area contributed by atoms with Gasteiger partial charge in [0.25, 0.3) is 0 Å². The van der Waals surface area contributed by atoms with E-state index < -0.39 is 92.7 Å². The zero-order valence-corrected chi connectivity index (χ0v) is 43.4. The van der Waals surface area contributed by atoms with Crippen LogP contribution in [0.4, 0.5) is 52.7 Å². The highest BCUT2D eigenvalue weighted by Gasteiger charge is 2.50. The molecule has 4 aromatic carbocycles. The number of oxime groups is 1. The van der Waals surface area contributed by atoms with Crippen LogP contribution in [0.3, 0.4) is 0 Å². The van der Waals surface area contributed by atoms with E-state index in [0.29, 0.717) is 42.8 Å². The molecule has 0 unspecified atom stereocenters. The lowest BCUT2D eigenvalue weighted by molar-refractivity contribution is -0.145. The minimum absolute atomic E-state index is 0.0101. The summed E-state index contributed by atoms with van der Waals surface area (Å²) in [5, 5.41) is 23.0. The number of ether oxygens (including phenoxy) is 2. The third kappa shape index (κ3) is 12.9. The zero-order valence-electron chi connectivity index (χ0n) is 43.4. The van der Waals surface area contributed by atoms with Crippen molar-refractivity contribution >= 4 is 11.5 Å². The standard InChI is InChI=1S/C27H29F6N5O3.C26H26F6N4O3/c1-17(19-11-21(26(28,29)30)13-22(12-19)27(31,32)33)41-15-24(20-7-5-4-6-8-20)9-10-25(14-34-24,18(2)37-40-3)38-16-35-36-23(38)39;1-16(18-10-20(25(27,28)29)12-21(11-18)26(30,31)32)39-14-23(19-6-4-3-5-7-19)8-9-24(13-33-23,17(2)37)36-15-34-35-22(36)38/h4-8,11-13,16-17,34H,9-10,14-15H2,1-3H3,(H,36,39);3-7,10-12,15-16,33H,8-9,13-14H2,1-2H3,(H,35,38)/b37-18+;/t17-,24-,25+;16-,23-,24+/m11/s1. The summed E-state index contributed by atoms with van der Waals surface area (Å²) in [6, 6.07) is 20.9. The maximum atomic E-state index is 13.4. The van der Waals surface area contributed by atoms with Crippen LogP contribution in [0.5, 0.6) is 0 Å². The molecule has 2 saturated heterocycles. The first-order chi connectivity index (χ1) is 37.4. The number of halogens is 12. The van der Waals surface area contributed by atoms with Crippen LogP contribution < -0.4 is 22.0 Å². The second-order valence-electron chi connectivity index (χ2n) is 19.7. The molecule has 2 fully saturated rings. The highest BCUT2D eigenvalue weighted by Crippen LogP contribution is 2.44. The molecule has 27 heteroatoms. The summed E-state index contributed by atoms with van der Waals surface area (Å²) in [5.74, 6) is -0.280. The van der Waals surface area contributed by atoms with Crippen LogP contribution in [-0.2, 0) is 66.0 Å². The van der Waals surface area contributed by atoms with Gasteiger partial charge in [0.05, 0.1) is 64.5 Å². The number of H-pyrrole nitrogens is 2. The number of alkyl halides is 12. The summed E-state index contributed by atoms with van der Waals surface area (Å²) in [6.07, 6.45) is -18.4. The molecule has 15 nitrogen and oxygen atoms in total. The van der Waals surface area contributed by atoms with Crippen molar-refractivity contribution in [2.45, 2.75) is 112 Å². The third-order valence-corrected chi connectivity index (χ3v) is 14.9. The van der Waals surface area contributed by atoms with Crippen molar-refractivity contribution in [2.24, 2.45) is 5.16 Å². The SMILES string of the molecule is CC(=O)[C@]1(n2cn[nH]c2=O)CC[C@@](CO[C@H](C)c2cc(C(F)(F)F)cc(C(F)(F)F)c2)(c2ccccc2)NC1.CO/N=C(\C)[C@]1(n2cn[nH]c2=O)CC[C@@](CO[C@H](C)c2cc(C(F)(F)F)cc(C(F)(F)F)c2)(c2ccccc2)NC1. The molecule has 0 spiro atoms. The third-order valence-electron chi connectivity index (χ3n) is 14.9. The van der Waals surface area contributed by atoms with Crippen molar-refractivity contribution in [3.63, 3.8) is 0 Å².